The first kappa shape index (κ1) is 30.8. The molecule has 0 aliphatic rings. The van der Waals surface area contributed by atoms with Crippen molar-refractivity contribution in [2.45, 2.75) is 78.0 Å². The molecule has 0 spiro atoms. The Morgan fingerprint density at radius 3 is 2.19 bits per heavy atom. The lowest BCUT2D eigenvalue weighted by atomic mass is 10.0. The summed E-state index contributed by atoms with van der Waals surface area (Å²) in [6.45, 7) is 8.32. The standard InChI is InChI=1S/C23H31F2N3O7S/c1-12(2)9-15(19(30)26-14(11-17(24)25)18(29)21(32)33)27-20(31)16(10-13-7-6-8-36-13)28-22(34)35-23(3,4)5/h6-8,12,14-15,17H,9-11H2,1-5H3,(H,26,30)(H,27,31)(H,32,33)/b28-16+. The van der Waals surface area contributed by atoms with Crippen molar-refractivity contribution in [3.63, 3.8) is 0 Å². The maximum atomic E-state index is 13.1. The van der Waals surface area contributed by atoms with Crippen LogP contribution in [0.25, 0.3) is 0 Å². The normalized spacial score (nSPS) is 13.8. The fraction of sp³-hybridized carbons (Fsp3) is 0.565. The largest absolute Gasteiger partial charge is 0.475 e. The first-order valence-corrected chi connectivity index (χ1v) is 12.0. The maximum Gasteiger partial charge on any atom is 0.434 e. The van der Waals surface area contributed by atoms with Gasteiger partial charge in [0.05, 0.1) is 0 Å². The molecule has 0 saturated heterocycles. The van der Waals surface area contributed by atoms with Gasteiger partial charge < -0.3 is 20.5 Å². The van der Waals surface area contributed by atoms with Gasteiger partial charge in [0.25, 0.3) is 11.7 Å². The second-order valence-electron chi connectivity index (χ2n) is 9.31. The Morgan fingerprint density at radius 1 is 1.08 bits per heavy atom. The Balaban J connectivity index is 3.19. The summed E-state index contributed by atoms with van der Waals surface area (Å²) in [5.41, 5.74) is -1.12. The van der Waals surface area contributed by atoms with Gasteiger partial charge in [-0.05, 0) is 44.6 Å². The average molecular weight is 532 g/mol. The number of ketones is 1. The predicted octanol–water partition coefficient (Wildman–Crippen LogP) is 2.99. The van der Waals surface area contributed by atoms with Crippen LogP contribution < -0.4 is 10.6 Å². The third kappa shape index (κ3) is 11.5. The lowest BCUT2D eigenvalue weighted by molar-refractivity contribution is -0.151. The molecule has 1 heterocycles. The number of hydrogen-bond acceptors (Lipinski definition) is 7. The number of halogens is 2. The van der Waals surface area contributed by atoms with Crippen LogP contribution in [0.4, 0.5) is 13.6 Å². The second kappa shape index (κ2) is 13.8. The zero-order chi connectivity index (χ0) is 27.6. The zero-order valence-corrected chi connectivity index (χ0v) is 21.5. The molecule has 0 aliphatic heterocycles. The Bertz CT molecular complexity index is 973. The number of hydrogen-bond donors (Lipinski definition) is 3. The van der Waals surface area contributed by atoms with Crippen LogP contribution in [0.15, 0.2) is 22.5 Å². The molecular formula is C23H31F2N3O7S. The number of amides is 3. The molecule has 0 aromatic carbocycles. The molecule has 0 fully saturated rings. The number of ether oxygens (including phenoxy) is 1. The Hall–Kier alpha value is -3.22. The van der Waals surface area contributed by atoms with Crippen molar-refractivity contribution in [2.24, 2.45) is 10.9 Å². The lowest BCUT2D eigenvalue weighted by Gasteiger charge is -2.23. The van der Waals surface area contributed by atoms with E-state index in [1.165, 1.54) is 11.3 Å². The van der Waals surface area contributed by atoms with Crippen molar-refractivity contribution < 1.29 is 42.6 Å². The van der Waals surface area contributed by atoms with E-state index < -0.39 is 60.2 Å². The molecule has 3 amide bonds. The van der Waals surface area contributed by atoms with E-state index in [2.05, 4.69) is 10.3 Å². The topological polar surface area (TPSA) is 151 Å². The molecule has 2 atom stereocenters. The number of carbonyl (C=O) groups excluding carboxylic acids is 4. The highest BCUT2D eigenvalue weighted by Gasteiger charge is 2.33. The zero-order valence-electron chi connectivity index (χ0n) is 20.7. The van der Waals surface area contributed by atoms with Gasteiger partial charge in [0.15, 0.2) is 0 Å². The summed E-state index contributed by atoms with van der Waals surface area (Å²) in [4.78, 5) is 65.4. The molecule has 1 aromatic rings. The number of aliphatic imine (C=N–C) groups is 1. The molecule has 0 aliphatic carbocycles. The molecule has 0 bridgehead atoms. The van der Waals surface area contributed by atoms with Gasteiger partial charge >= 0.3 is 12.1 Å². The van der Waals surface area contributed by atoms with Crippen LogP contribution in [0.1, 0.15) is 52.3 Å². The fourth-order valence-electron chi connectivity index (χ4n) is 2.92. The molecule has 2 unspecified atom stereocenters. The van der Waals surface area contributed by atoms with Gasteiger partial charge in [-0.2, -0.15) is 4.99 Å². The number of nitrogens with one attached hydrogen (secondary N) is 2. The highest BCUT2D eigenvalue weighted by Crippen LogP contribution is 2.14. The smallest absolute Gasteiger partial charge is 0.434 e. The van der Waals surface area contributed by atoms with Crippen LogP contribution >= 0.6 is 11.3 Å². The summed E-state index contributed by atoms with van der Waals surface area (Å²) in [7, 11) is 0. The molecule has 36 heavy (non-hydrogen) atoms. The van der Waals surface area contributed by atoms with Crippen LogP contribution in [-0.4, -0.2) is 64.6 Å². The molecular weight excluding hydrogens is 500 g/mol. The van der Waals surface area contributed by atoms with Gasteiger partial charge in [0.1, 0.15) is 23.4 Å². The quantitative estimate of drug-likeness (QED) is 0.277. The van der Waals surface area contributed by atoms with E-state index in [0.717, 1.165) is 0 Å². The van der Waals surface area contributed by atoms with Crippen molar-refractivity contribution in [1.29, 1.82) is 0 Å². The third-order valence-corrected chi connectivity index (χ3v) is 5.27. The molecule has 1 rings (SSSR count). The average Bonchev–Trinajstić information content (AvgIpc) is 3.22. The van der Waals surface area contributed by atoms with E-state index in [1.807, 2.05) is 5.32 Å². The van der Waals surface area contributed by atoms with Gasteiger partial charge in [-0.15, -0.1) is 11.3 Å². The summed E-state index contributed by atoms with van der Waals surface area (Å²) in [6, 6.07) is 0.141. The van der Waals surface area contributed by atoms with Crippen molar-refractivity contribution in [2.75, 3.05) is 0 Å². The Kier molecular flexibility index (Phi) is 11.8. The summed E-state index contributed by atoms with van der Waals surface area (Å²) < 4.78 is 30.9. The fourth-order valence-corrected chi connectivity index (χ4v) is 3.63. The van der Waals surface area contributed by atoms with Gasteiger partial charge in [-0.3, -0.25) is 14.4 Å². The molecule has 1 aromatic heterocycles. The van der Waals surface area contributed by atoms with Crippen molar-refractivity contribution in [3.8, 4) is 0 Å². The van der Waals surface area contributed by atoms with Crippen LogP contribution in [0.3, 0.4) is 0 Å². The number of carboxylic acid groups (broad SMARTS) is 1. The van der Waals surface area contributed by atoms with Gasteiger partial charge in [0, 0.05) is 17.7 Å². The van der Waals surface area contributed by atoms with Gasteiger partial charge in [-0.25, -0.2) is 18.4 Å². The van der Waals surface area contributed by atoms with E-state index in [4.69, 9.17) is 9.84 Å². The number of Topliss-reactive ketones (excluding diaryl/α,β-unsaturated/α-hetero) is 1. The SMILES string of the molecule is CC(C)CC(NC(=O)/C(Cc1cccs1)=N/C(=O)OC(C)(C)C)C(=O)NC(CC(F)F)C(=O)C(=O)O. The minimum Gasteiger partial charge on any atom is -0.475 e. The van der Waals surface area contributed by atoms with E-state index in [-0.39, 0.29) is 24.5 Å². The van der Waals surface area contributed by atoms with Crippen LogP contribution in [0.5, 0.6) is 0 Å². The van der Waals surface area contributed by atoms with E-state index in [0.29, 0.717) is 4.88 Å². The number of carboxylic acids is 1. The minimum atomic E-state index is -3.06. The highest BCUT2D eigenvalue weighted by molar-refractivity contribution is 7.10. The Morgan fingerprint density at radius 2 is 1.72 bits per heavy atom. The second-order valence-corrected chi connectivity index (χ2v) is 10.3. The number of thiophene rings is 1. The minimum absolute atomic E-state index is 0.0267. The molecule has 0 saturated carbocycles. The van der Waals surface area contributed by atoms with Gasteiger partial charge in [-0.1, -0.05) is 19.9 Å². The summed E-state index contributed by atoms with van der Waals surface area (Å²) in [5.74, 6) is -5.67. The van der Waals surface area contributed by atoms with Crippen LogP contribution in [0.2, 0.25) is 0 Å². The van der Waals surface area contributed by atoms with E-state index in [9.17, 15) is 32.8 Å². The Labute approximate surface area is 211 Å². The number of nitrogens with zero attached hydrogens (tertiary/aromatic N) is 1. The van der Waals surface area contributed by atoms with Crippen molar-refractivity contribution in [3.05, 3.63) is 22.4 Å². The van der Waals surface area contributed by atoms with Crippen LogP contribution in [0, 0.1) is 5.92 Å². The van der Waals surface area contributed by atoms with E-state index >= 15 is 0 Å². The molecule has 3 N–H and O–H groups in total. The molecule has 10 nitrogen and oxygen atoms in total. The highest BCUT2D eigenvalue weighted by atomic mass is 32.1. The number of aliphatic carboxylic acids is 1. The molecule has 13 heteroatoms. The summed E-state index contributed by atoms with van der Waals surface area (Å²) in [6.07, 6.45) is -5.31. The number of rotatable bonds is 12. The van der Waals surface area contributed by atoms with Gasteiger partial charge in [0.2, 0.25) is 12.3 Å². The monoisotopic (exact) mass is 531 g/mol. The number of carbonyl (C=O) groups is 5. The third-order valence-electron chi connectivity index (χ3n) is 4.39. The first-order chi connectivity index (χ1) is 16.6. The number of alkyl halides is 2. The predicted molar refractivity (Wildman–Crippen MR) is 128 cm³/mol. The maximum absolute atomic E-state index is 13.1. The molecule has 200 valence electrons. The lowest BCUT2D eigenvalue weighted by Crippen LogP contribution is -2.54. The summed E-state index contributed by atoms with van der Waals surface area (Å²) in [5, 5.41) is 15.1. The van der Waals surface area contributed by atoms with E-state index in [1.54, 1.807) is 52.1 Å². The van der Waals surface area contributed by atoms with Crippen LogP contribution in [-0.2, 0) is 30.3 Å². The van der Waals surface area contributed by atoms with Crippen molar-refractivity contribution >= 4 is 46.7 Å². The van der Waals surface area contributed by atoms with Crippen molar-refractivity contribution in [1.82, 2.24) is 10.6 Å². The first-order valence-electron chi connectivity index (χ1n) is 11.1. The summed E-state index contributed by atoms with van der Waals surface area (Å²) >= 11 is 1.31. The molecule has 0 radical (unpaired) electrons.